The average molecular weight is 537 g/mol. The lowest BCUT2D eigenvalue weighted by Crippen LogP contribution is -2.34. The Morgan fingerprint density at radius 2 is 1.03 bits per heavy atom. The molecule has 206 valence electrons. The molecule has 0 saturated carbocycles. The Labute approximate surface area is 220 Å². The van der Waals surface area contributed by atoms with Gasteiger partial charge in [-0.05, 0) is 11.1 Å². The molecule has 0 saturated heterocycles. The molecule has 3 aromatic rings. The second-order valence-electron chi connectivity index (χ2n) is 8.88. The number of halogens is 5. The van der Waals surface area contributed by atoms with E-state index in [0.717, 1.165) is 0 Å². The maximum absolute atomic E-state index is 13.8. The van der Waals surface area contributed by atoms with Gasteiger partial charge in [-0.2, -0.15) is 0 Å². The van der Waals surface area contributed by atoms with Crippen LogP contribution in [0.2, 0.25) is 0 Å². The first-order valence-corrected chi connectivity index (χ1v) is 12.7. The molecule has 1 N–H and O–H groups in total. The summed E-state index contributed by atoms with van der Waals surface area (Å²) in [7, 11) is 0. The highest BCUT2D eigenvalue weighted by Crippen LogP contribution is 2.31. The van der Waals surface area contributed by atoms with Gasteiger partial charge in [0.2, 0.25) is 5.82 Å². The van der Waals surface area contributed by atoms with Crippen molar-refractivity contribution in [2.45, 2.75) is 64.4 Å². The van der Waals surface area contributed by atoms with Crippen molar-refractivity contribution in [3.63, 3.8) is 0 Å². The van der Waals surface area contributed by atoms with Crippen LogP contribution in [0, 0.1) is 29.1 Å². The van der Waals surface area contributed by atoms with Crippen LogP contribution in [0.3, 0.4) is 0 Å². The lowest BCUT2D eigenvalue weighted by atomic mass is 9.87. The van der Waals surface area contributed by atoms with Gasteiger partial charge in [0.15, 0.2) is 23.3 Å². The van der Waals surface area contributed by atoms with Gasteiger partial charge in [0.1, 0.15) is 17.8 Å². The first kappa shape index (κ1) is 31.0. The fourth-order valence-electron chi connectivity index (χ4n) is 3.82. The smallest absolute Gasteiger partial charge is 0.344 e. The van der Waals surface area contributed by atoms with Crippen molar-refractivity contribution in [3.05, 3.63) is 106 Å². The Kier molecular flexibility index (Phi) is 12.4. The van der Waals surface area contributed by atoms with Crippen LogP contribution in [0.25, 0.3) is 0 Å². The van der Waals surface area contributed by atoms with Crippen molar-refractivity contribution in [2.75, 3.05) is 6.61 Å². The number of aliphatic hydroxyl groups is 1. The average Bonchev–Trinajstić information content (AvgIpc) is 2.95. The first-order chi connectivity index (χ1) is 18.2. The van der Waals surface area contributed by atoms with E-state index in [1.807, 2.05) is 0 Å². The third-order valence-electron chi connectivity index (χ3n) is 6.04. The van der Waals surface area contributed by atoms with Gasteiger partial charge in [0, 0.05) is 0 Å². The number of unbranched alkanes of at least 4 members (excludes halogenated alkanes) is 6. The van der Waals surface area contributed by atoms with Gasteiger partial charge in [-0.3, -0.25) is 0 Å². The van der Waals surface area contributed by atoms with Crippen molar-refractivity contribution in [2.24, 2.45) is 0 Å². The summed E-state index contributed by atoms with van der Waals surface area (Å²) in [5.74, 6) is -13.3. The van der Waals surface area contributed by atoms with E-state index in [1.165, 1.54) is 69.2 Å². The first-order valence-electron chi connectivity index (χ1n) is 12.7. The van der Waals surface area contributed by atoms with Crippen LogP contribution in [-0.2, 0) is 10.3 Å². The molecule has 0 aromatic heterocycles. The van der Waals surface area contributed by atoms with E-state index < -0.39 is 52.8 Å². The highest BCUT2D eigenvalue weighted by molar-refractivity contribution is 5.90. The molecular formula is C30H33F5O3. The van der Waals surface area contributed by atoms with Gasteiger partial charge in [0.05, 0.1) is 0 Å². The summed E-state index contributed by atoms with van der Waals surface area (Å²) in [5, 5.41) is 11.2. The highest BCUT2D eigenvalue weighted by atomic mass is 19.2. The Balaban J connectivity index is 0.000000484. The van der Waals surface area contributed by atoms with Crippen LogP contribution in [0.4, 0.5) is 22.0 Å². The molecule has 0 radical (unpaired) electrons. The van der Waals surface area contributed by atoms with Gasteiger partial charge in [-0.25, -0.2) is 26.7 Å². The molecule has 0 heterocycles. The third-order valence-corrected chi connectivity index (χ3v) is 6.04. The zero-order chi connectivity index (χ0) is 28.1. The van der Waals surface area contributed by atoms with Gasteiger partial charge in [0.25, 0.3) is 0 Å². The summed E-state index contributed by atoms with van der Waals surface area (Å²) in [4.78, 5) is 12.1. The van der Waals surface area contributed by atoms with Gasteiger partial charge in [-0.15, -0.1) is 0 Å². The molecule has 0 atom stereocenters. The number of ether oxygens (including phenoxy) is 1. The molecule has 38 heavy (non-hydrogen) atoms. The van der Waals surface area contributed by atoms with Crippen molar-refractivity contribution in [1.82, 2.24) is 0 Å². The standard InChI is InChI=1S/C21H13F5O3.C9H20/c22-15-14(16(23)18(25)19(26)17(15)24)20(27)29-11-21(28,12-7-3-1-4-8-12)13-9-5-2-6-10-13;1-3-5-7-9-8-6-4-2/h1-10,28H,11H2;3-9H2,1-2H3. The molecule has 0 aliphatic rings. The predicted octanol–water partition coefficient (Wildman–Crippen LogP) is 8.23. The van der Waals surface area contributed by atoms with Crippen LogP contribution < -0.4 is 0 Å². The number of esters is 1. The topological polar surface area (TPSA) is 46.5 Å². The Morgan fingerprint density at radius 3 is 1.42 bits per heavy atom. The Bertz CT molecular complexity index is 1080. The lowest BCUT2D eigenvalue weighted by molar-refractivity contribution is -0.0116. The highest BCUT2D eigenvalue weighted by Gasteiger charge is 2.36. The van der Waals surface area contributed by atoms with Gasteiger partial charge >= 0.3 is 5.97 Å². The van der Waals surface area contributed by atoms with E-state index in [1.54, 1.807) is 36.4 Å². The predicted molar refractivity (Wildman–Crippen MR) is 136 cm³/mol. The minimum absolute atomic E-state index is 0.288. The largest absolute Gasteiger partial charge is 0.458 e. The van der Waals surface area contributed by atoms with E-state index in [2.05, 4.69) is 13.8 Å². The van der Waals surface area contributed by atoms with Crippen molar-refractivity contribution < 1.29 is 36.6 Å². The summed E-state index contributed by atoms with van der Waals surface area (Å²) in [5.41, 5.74) is -3.08. The van der Waals surface area contributed by atoms with Crippen LogP contribution in [-0.4, -0.2) is 17.7 Å². The zero-order valence-corrected chi connectivity index (χ0v) is 21.6. The molecule has 0 aliphatic carbocycles. The van der Waals surface area contributed by atoms with Crippen molar-refractivity contribution in [1.29, 1.82) is 0 Å². The zero-order valence-electron chi connectivity index (χ0n) is 21.6. The summed E-state index contributed by atoms with van der Waals surface area (Å²) < 4.78 is 72.3. The Morgan fingerprint density at radius 1 is 0.658 bits per heavy atom. The van der Waals surface area contributed by atoms with Crippen LogP contribution >= 0.6 is 0 Å². The number of hydrogen-bond donors (Lipinski definition) is 1. The number of benzene rings is 3. The second kappa shape index (κ2) is 15.2. The summed E-state index contributed by atoms with van der Waals surface area (Å²) >= 11 is 0. The maximum atomic E-state index is 13.8. The molecule has 0 unspecified atom stereocenters. The minimum Gasteiger partial charge on any atom is -0.458 e. The lowest BCUT2D eigenvalue weighted by Gasteiger charge is -2.29. The molecule has 0 fully saturated rings. The van der Waals surface area contributed by atoms with E-state index in [-0.39, 0.29) is 11.1 Å². The normalized spacial score (nSPS) is 11.1. The van der Waals surface area contributed by atoms with Gasteiger partial charge < -0.3 is 9.84 Å². The third kappa shape index (κ3) is 7.87. The molecule has 3 rings (SSSR count). The fourth-order valence-corrected chi connectivity index (χ4v) is 3.82. The van der Waals surface area contributed by atoms with E-state index in [4.69, 9.17) is 4.74 Å². The summed E-state index contributed by atoms with van der Waals surface area (Å²) in [6.45, 7) is 3.69. The maximum Gasteiger partial charge on any atom is 0.344 e. The van der Waals surface area contributed by atoms with Gasteiger partial charge in [-0.1, -0.05) is 119 Å². The van der Waals surface area contributed by atoms with Crippen LogP contribution in [0.5, 0.6) is 0 Å². The van der Waals surface area contributed by atoms with Crippen LogP contribution in [0.1, 0.15) is 80.3 Å². The SMILES string of the molecule is CCCCCCCCC.O=C(OCC(O)(c1ccccc1)c1ccccc1)c1c(F)c(F)c(F)c(F)c1F. The monoisotopic (exact) mass is 536 g/mol. The number of hydrogen-bond acceptors (Lipinski definition) is 3. The van der Waals surface area contributed by atoms with Crippen molar-refractivity contribution in [3.8, 4) is 0 Å². The Hall–Kier alpha value is -3.26. The molecule has 0 spiro atoms. The number of carbonyl (C=O) groups is 1. The second-order valence-corrected chi connectivity index (χ2v) is 8.88. The summed E-state index contributed by atoms with van der Waals surface area (Å²) in [6.07, 6.45) is 9.97. The van der Waals surface area contributed by atoms with E-state index in [0.29, 0.717) is 0 Å². The van der Waals surface area contributed by atoms with E-state index in [9.17, 15) is 31.9 Å². The van der Waals surface area contributed by atoms with Crippen LogP contribution in [0.15, 0.2) is 60.7 Å². The summed E-state index contributed by atoms with van der Waals surface area (Å²) in [6, 6.07) is 15.9. The molecular weight excluding hydrogens is 503 g/mol. The van der Waals surface area contributed by atoms with Crippen molar-refractivity contribution >= 4 is 5.97 Å². The fraction of sp³-hybridized carbons (Fsp3) is 0.367. The molecule has 0 amide bonds. The number of rotatable bonds is 11. The quantitative estimate of drug-likeness (QED) is 0.0883. The molecule has 0 aliphatic heterocycles. The molecule has 8 heteroatoms. The van der Waals surface area contributed by atoms with E-state index >= 15 is 0 Å². The number of carbonyl (C=O) groups excluding carboxylic acids is 1. The molecule has 3 nitrogen and oxygen atoms in total. The molecule has 3 aromatic carbocycles. The molecule has 0 bridgehead atoms. The minimum atomic E-state index is -2.39.